The van der Waals surface area contributed by atoms with Crippen molar-refractivity contribution >= 4 is 0 Å². The maximum Gasteiger partial charge on any atom is 0.108 e. The Kier molecular flexibility index (Phi) is 4.33. The van der Waals surface area contributed by atoms with Gasteiger partial charge in [0.1, 0.15) is 5.82 Å². The Bertz CT molecular complexity index is 434. The van der Waals surface area contributed by atoms with Crippen LogP contribution in [0.2, 0.25) is 0 Å². The lowest BCUT2D eigenvalue weighted by Gasteiger charge is -2.05. The Labute approximate surface area is 103 Å². The standard InChI is InChI=1S/C14H19N3/c1-17-11-10-16-14(17)8-5-9-15-12-13-6-3-2-4-7-13/h2-4,6-7,10-11,15H,5,8-9,12H2,1H3. The molecular formula is C14H19N3. The summed E-state index contributed by atoms with van der Waals surface area (Å²) in [6.45, 7) is 1.98. The number of nitrogens with zero attached hydrogens (tertiary/aromatic N) is 2. The normalized spacial score (nSPS) is 10.6. The van der Waals surface area contributed by atoms with Crippen LogP contribution < -0.4 is 5.32 Å². The first-order valence-corrected chi connectivity index (χ1v) is 6.07. The highest BCUT2D eigenvalue weighted by atomic mass is 15.0. The summed E-state index contributed by atoms with van der Waals surface area (Å²) < 4.78 is 2.08. The maximum atomic E-state index is 4.31. The summed E-state index contributed by atoms with van der Waals surface area (Å²) in [4.78, 5) is 4.31. The third-order valence-corrected chi connectivity index (χ3v) is 2.85. The van der Waals surface area contributed by atoms with Crippen molar-refractivity contribution in [2.45, 2.75) is 19.4 Å². The summed E-state index contributed by atoms with van der Waals surface area (Å²) in [6.07, 6.45) is 6.00. The molecule has 0 saturated heterocycles. The van der Waals surface area contributed by atoms with Crippen molar-refractivity contribution in [1.82, 2.24) is 14.9 Å². The van der Waals surface area contributed by atoms with Gasteiger partial charge in [-0.3, -0.25) is 0 Å². The van der Waals surface area contributed by atoms with Crippen LogP contribution in [0.5, 0.6) is 0 Å². The zero-order chi connectivity index (χ0) is 11.9. The lowest BCUT2D eigenvalue weighted by molar-refractivity contribution is 0.629. The fourth-order valence-corrected chi connectivity index (χ4v) is 1.84. The molecule has 0 radical (unpaired) electrons. The van der Waals surface area contributed by atoms with Crippen molar-refractivity contribution in [3.63, 3.8) is 0 Å². The molecule has 90 valence electrons. The third kappa shape index (κ3) is 3.71. The van der Waals surface area contributed by atoms with Gasteiger partial charge in [0.15, 0.2) is 0 Å². The van der Waals surface area contributed by atoms with Crippen LogP contribution in [-0.2, 0) is 20.0 Å². The van der Waals surface area contributed by atoms with Crippen LogP contribution in [0, 0.1) is 0 Å². The Morgan fingerprint density at radius 2 is 2.06 bits per heavy atom. The molecule has 1 aromatic heterocycles. The minimum atomic E-state index is 0.946. The highest BCUT2D eigenvalue weighted by Crippen LogP contribution is 1.99. The number of benzene rings is 1. The number of aromatic nitrogens is 2. The smallest absolute Gasteiger partial charge is 0.108 e. The molecule has 2 rings (SSSR count). The molecule has 0 amide bonds. The molecule has 3 nitrogen and oxygen atoms in total. The number of aryl methyl sites for hydroxylation is 2. The summed E-state index contributed by atoms with van der Waals surface area (Å²) in [6, 6.07) is 10.5. The van der Waals surface area contributed by atoms with Crippen LogP contribution in [0.3, 0.4) is 0 Å². The minimum absolute atomic E-state index is 0.946. The molecule has 1 heterocycles. The van der Waals surface area contributed by atoms with E-state index in [4.69, 9.17) is 0 Å². The van der Waals surface area contributed by atoms with E-state index in [1.165, 1.54) is 5.56 Å². The third-order valence-electron chi connectivity index (χ3n) is 2.85. The van der Waals surface area contributed by atoms with Gasteiger partial charge in [-0.05, 0) is 18.5 Å². The molecule has 0 fully saturated rings. The van der Waals surface area contributed by atoms with Crippen molar-refractivity contribution in [3.8, 4) is 0 Å². The first-order chi connectivity index (χ1) is 8.36. The summed E-state index contributed by atoms with van der Waals surface area (Å²) >= 11 is 0. The van der Waals surface area contributed by atoms with Crippen LogP contribution in [-0.4, -0.2) is 16.1 Å². The highest BCUT2D eigenvalue weighted by Gasteiger charge is 1.98. The molecule has 1 N–H and O–H groups in total. The van der Waals surface area contributed by atoms with Crippen molar-refractivity contribution < 1.29 is 0 Å². The predicted molar refractivity (Wildman–Crippen MR) is 69.7 cm³/mol. The van der Waals surface area contributed by atoms with E-state index in [9.17, 15) is 0 Å². The van der Waals surface area contributed by atoms with Crippen molar-refractivity contribution in [1.29, 1.82) is 0 Å². The van der Waals surface area contributed by atoms with E-state index in [0.717, 1.165) is 31.8 Å². The lowest BCUT2D eigenvalue weighted by Crippen LogP contribution is -2.15. The summed E-state index contributed by atoms with van der Waals surface area (Å²) in [5, 5.41) is 3.45. The van der Waals surface area contributed by atoms with Crippen molar-refractivity contribution in [3.05, 3.63) is 54.1 Å². The quantitative estimate of drug-likeness (QED) is 0.769. The molecule has 0 spiro atoms. The molecule has 0 atom stereocenters. The van der Waals surface area contributed by atoms with Crippen LogP contribution in [0.4, 0.5) is 0 Å². The number of hydrogen-bond acceptors (Lipinski definition) is 2. The van der Waals surface area contributed by atoms with Gasteiger partial charge in [-0.2, -0.15) is 0 Å². The van der Waals surface area contributed by atoms with Gasteiger partial charge >= 0.3 is 0 Å². The lowest BCUT2D eigenvalue weighted by atomic mass is 10.2. The molecule has 2 aromatic rings. The van der Waals surface area contributed by atoms with Gasteiger partial charge in [-0.15, -0.1) is 0 Å². The molecule has 0 aliphatic rings. The first-order valence-electron chi connectivity index (χ1n) is 6.07. The molecule has 17 heavy (non-hydrogen) atoms. The van der Waals surface area contributed by atoms with Gasteiger partial charge in [0, 0.05) is 32.4 Å². The van der Waals surface area contributed by atoms with Gasteiger partial charge in [0.05, 0.1) is 0 Å². The fourth-order valence-electron chi connectivity index (χ4n) is 1.84. The molecular weight excluding hydrogens is 210 g/mol. The summed E-state index contributed by atoms with van der Waals surface area (Å²) in [5.74, 6) is 1.16. The Morgan fingerprint density at radius 1 is 1.24 bits per heavy atom. The predicted octanol–water partition coefficient (Wildman–Crippen LogP) is 2.14. The van der Waals surface area contributed by atoms with E-state index < -0.39 is 0 Å². The van der Waals surface area contributed by atoms with Gasteiger partial charge in [-0.25, -0.2) is 4.98 Å². The first kappa shape index (κ1) is 11.9. The second kappa shape index (κ2) is 6.21. The van der Waals surface area contributed by atoms with Crippen molar-refractivity contribution in [2.75, 3.05) is 6.54 Å². The Hall–Kier alpha value is -1.61. The zero-order valence-corrected chi connectivity index (χ0v) is 10.3. The maximum absolute atomic E-state index is 4.31. The average Bonchev–Trinajstić information content (AvgIpc) is 2.76. The minimum Gasteiger partial charge on any atom is -0.338 e. The van der Waals surface area contributed by atoms with Gasteiger partial charge in [0.25, 0.3) is 0 Å². The molecule has 0 aliphatic heterocycles. The van der Waals surface area contributed by atoms with Gasteiger partial charge < -0.3 is 9.88 Å². The van der Waals surface area contributed by atoms with E-state index in [0.29, 0.717) is 0 Å². The van der Waals surface area contributed by atoms with Gasteiger partial charge in [-0.1, -0.05) is 30.3 Å². The van der Waals surface area contributed by atoms with Crippen molar-refractivity contribution in [2.24, 2.45) is 7.05 Å². The Morgan fingerprint density at radius 3 is 2.76 bits per heavy atom. The monoisotopic (exact) mass is 229 g/mol. The summed E-state index contributed by atoms with van der Waals surface area (Å²) in [5.41, 5.74) is 1.34. The number of nitrogens with one attached hydrogen (secondary N) is 1. The van der Waals surface area contributed by atoms with E-state index in [1.54, 1.807) is 0 Å². The van der Waals surface area contributed by atoms with Crippen LogP contribution in [0.25, 0.3) is 0 Å². The molecule has 0 aliphatic carbocycles. The van der Waals surface area contributed by atoms with Crippen LogP contribution in [0.15, 0.2) is 42.7 Å². The number of imidazole rings is 1. The largest absolute Gasteiger partial charge is 0.338 e. The molecule has 0 bridgehead atoms. The van der Waals surface area contributed by atoms with Gasteiger partial charge in [0.2, 0.25) is 0 Å². The van der Waals surface area contributed by atoms with E-state index in [-0.39, 0.29) is 0 Å². The second-order valence-corrected chi connectivity index (χ2v) is 4.22. The van der Waals surface area contributed by atoms with E-state index in [1.807, 2.05) is 25.5 Å². The highest BCUT2D eigenvalue weighted by molar-refractivity contribution is 5.14. The Balaban J connectivity index is 1.63. The summed E-state index contributed by atoms with van der Waals surface area (Å²) in [7, 11) is 2.04. The van der Waals surface area contributed by atoms with Crippen LogP contribution in [0.1, 0.15) is 17.8 Å². The van der Waals surface area contributed by atoms with E-state index >= 15 is 0 Å². The molecule has 3 heteroatoms. The molecule has 0 saturated carbocycles. The van der Waals surface area contributed by atoms with E-state index in [2.05, 4.69) is 39.1 Å². The average molecular weight is 229 g/mol. The molecule has 1 aromatic carbocycles. The zero-order valence-electron chi connectivity index (χ0n) is 10.3. The molecule has 0 unspecified atom stereocenters. The SMILES string of the molecule is Cn1ccnc1CCCNCc1ccccc1. The number of rotatable bonds is 6. The fraction of sp³-hybridized carbons (Fsp3) is 0.357. The second-order valence-electron chi connectivity index (χ2n) is 4.22. The topological polar surface area (TPSA) is 29.9 Å². The van der Waals surface area contributed by atoms with Crippen LogP contribution >= 0.6 is 0 Å². The number of hydrogen-bond donors (Lipinski definition) is 1.